The number of benzene rings is 3. The summed E-state index contributed by atoms with van der Waals surface area (Å²) in [5.41, 5.74) is 3.49. The molecule has 1 atom stereocenters. The van der Waals surface area contributed by atoms with E-state index in [1.165, 1.54) is 0 Å². The number of aromatic amines is 1. The van der Waals surface area contributed by atoms with Crippen LogP contribution in [0.4, 0.5) is 16.2 Å². The van der Waals surface area contributed by atoms with E-state index in [1.54, 1.807) is 22.9 Å². The maximum Gasteiger partial charge on any atom is 0.323 e. The third kappa shape index (κ3) is 5.36. The molecule has 166 valence electrons. The molecule has 0 unspecified atom stereocenters. The molecule has 0 bridgehead atoms. The fraction of sp³-hybridized carbons (Fsp3) is 0.0800. The van der Waals surface area contributed by atoms with Crippen molar-refractivity contribution in [1.29, 1.82) is 0 Å². The standard InChI is InChI=1S/C25H23N5O2S/c1-17(27-23(31)22-16-26-25(33)30(22)21-10-6-3-7-11-21)18-12-14-20(15-13-18)29-24(32)28-19-8-4-2-5-9-19/h2-17H,1H3,(H,26,33)(H,27,31)(H2,28,29,32)/t17-/m1/s1. The van der Waals surface area contributed by atoms with Crippen molar-refractivity contribution in [2.45, 2.75) is 13.0 Å². The van der Waals surface area contributed by atoms with Crippen LogP contribution in [0.1, 0.15) is 29.0 Å². The Kier molecular flexibility index (Phi) is 6.66. The van der Waals surface area contributed by atoms with E-state index in [0.29, 0.717) is 21.8 Å². The lowest BCUT2D eigenvalue weighted by Gasteiger charge is -2.16. The first kappa shape index (κ1) is 22.0. The van der Waals surface area contributed by atoms with Gasteiger partial charge in [-0.15, -0.1) is 0 Å². The summed E-state index contributed by atoms with van der Waals surface area (Å²) in [6, 6.07) is 25.4. The highest BCUT2D eigenvalue weighted by Crippen LogP contribution is 2.18. The topological polar surface area (TPSA) is 91.0 Å². The molecular weight excluding hydrogens is 434 g/mol. The number of nitrogens with zero attached hydrogens (tertiary/aromatic N) is 1. The number of aromatic nitrogens is 2. The smallest absolute Gasteiger partial charge is 0.323 e. The monoisotopic (exact) mass is 457 g/mol. The van der Waals surface area contributed by atoms with E-state index in [9.17, 15) is 9.59 Å². The van der Waals surface area contributed by atoms with Crippen molar-refractivity contribution in [3.63, 3.8) is 0 Å². The summed E-state index contributed by atoms with van der Waals surface area (Å²) in [6.07, 6.45) is 1.61. The Morgan fingerprint density at radius 3 is 2.06 bits per heavy atom. The fourth-order valence-electron chi connectivity index (χ4n) is 3.39. The summed E-state index contributed by atoms with van der Waals surface area (Å²) < 4.78 is 2.15. The first-order valence-corrected chi connectivity index (χ1v) is 10.8. The van der Waals surface area contributed by atoms with Crippen LogP contribution in [0.5, 0.6) is 0 Å². The minimum atomic E-state index is -0.326. The molecule has 0 aliphatic heterocycles. The zero-order chi connectivity index (χ0) is 23.2. The molecule has 0 aliphatic rings. The van der Waals surface area contributed by atoms with Gasteiger partial charge in [-0.05, 0) is 61.1 Å². The number of H-pyrrole nitrogens is 1. The normalized spacial score (nSPS) is 11.4. The lowest BCUT2D eigenvalue weighted by atomic mass is 10.1. The van der Waals surface area contributed by atoms with Gasteiger partial charge in [0.25, 0.3) is 5.91 Å². The molecule has 4 rings (SSSR count). The predicted octanol–water partition coefficient (Wildman–Crippen LogP) is 5.67. The number of carbonyl (C=O) groups is 2. The lowest BCUT2D eigenvalue weighted by molar-refractivity contribution is 0.0933. The molecule has 3 amide bonds. The predicted molar refractivity (Wildman–Crippen MR) is 132 cm³/mol. The summed E-state index contributed by atoms with van der Waals surface area (Å²) >= 11 is 5.36. The number of carbonyl (C=O) groups excluding carboxylic acids is 2. The van der Waals surface area contributed by atoms with Crippen molar-refractivity contribution < 1.29 is 9.59 Å². The number of nitrogens with one attached hydrogen (secondary N) is 4. The van der Waals surface area contributed by atoms with Gasteiger partial charge in [0.2, 0.25) is 0 Å². The SMILES string of the molecule is C[C@@H](NC(=O)c1c[nH]c(=S)n1-c1ccccc1)c1ccc(NC(=O)Nc2ccccc2)cc1. The van der Waals surface area contributed by atoms with Crippen molar-refractivity contribution in [2.75, 3.05) is 10.6 Å². The quantitative estimate of drug-likeness (QED) is 0.281. The van der Waals surface area contributed by atoms with Crippen LogP contribution >= 0.6 is 12.2 Å². The first-order valence-electron chi connectivity index (χ1n) is 10.4. The average Bonchev–Trinajstić information content (AvgIpc) is 3.22. The Labute approximate surface area is 196 Å². The summed E-state index contributed by atoms with van der Waals surface area (Å²) in [5, 5.41) is 8.57. The van der Waals surface area contributed by atoms with E-state index in [1.807, 2.05) is 79.7 Å². The molecular formula is C25H23N5O2S. The van der Waals surface area contributed by atoms with Crippen molar-refractivity contribution in [3.05, 3.63) is 107 Å². The molecule has 1 aromatic heterocycles. The Bertz CT molecular complexity index is 1300. The second kappa shape index (κ2) is 9.97. The molecule has 0 fully saturated rings. The van der Waals surface area contributed by atoms with Gasteiger partial charge in [0.15, 0.2) is 4.77 Å². The molecule has 0 aliphatic carbocycles. The number of para-hydroxylation sites is 2. The van der Waals surface area contributed by atoms with Crippen LogP contribution in [-0.4, -0.2) is 21.5 Å². The summed E-state index contributed by atoms with van der Waals surface area (Å²) in [6.45, 7) is 1.90. The highest BCUT2D eigenvalue weighted by Gasteiger charge is 2.17. The van der Waals surface area contributed by atoms with Gasteiger partial charge in [-0.25, -0.2) is 4.79 Å². The highest BCUT2D eigenvalue weighted by atomic mass is 32.1. The largest absolute Gasteiger partial charge is 0.344 e. The van der Waals surface area contributed by atoms with Gasteiger partial charge in [-0.1, -0.05) is 48.5 Å². The molecule has 0 radical (unpaired) electrons. The Morgan fingerprint density at radius 2 is 1.42 bits per heavy atom. The van der Waals surface area contributed by atoms with Gasteiger partial charge in [0.1, 0.15) is 5.69 Å². The zero-order valence-corrected chi connectivity index (χ0v) is 18.7. The third-order valence-electron chi connectivity index (χ3n) is 5.07. The van der Waals surface area contributed by atoms with Crippen LogP contribution in [0, 0.1) is 4.77 Å². The zero-order valence-electron chi connectivity index (χ0n) is 17.9. The number of anilines is 2. The van der Waals surface area contributed by atoms with Crippen molar-refractivity contribution in [3.8, 4) is 5.69 Å². The number of urea groups is 1. The number of imidazole rings is 1. The Morgan fingerprint density at radius 1 is 0.848 bits per heavy atom. The Balaban J connectivity index is 1.40. The van der Waals surface area contributed by atoms with E-state index < -0.39 is 0 Å². The van der Waals surface area contributed by atoms with E-state index in [4.69, 9.17) is 12.2 Å². The van der Waals surface area contributed by atoms with Gasteiger partial charge in [0, 0.05) is 23.3 Å². The van der Waals surface area contributed by atoms with Crippen LogP contribution in [0.25, 0.3) is 5.69 Å². The molecule has 3 aromatic carbocycles. The van der Waals surface area contributed by atoms with Crippen molar-refractivity contribution in [2.24, 2.45) is 0 Å². The third-order valence-corrected chi connectivity index (χ3v) is 5.37. The van der Waals surface area contributed by atoms with Crippen molar-refractivity contribution >= 4 is 35.5 Å². The molecule has 33 heavy (non-hydrogen) atoms. The number of hydrogen-bond donors (Lipinski definition) is 4. The molecule has 8 heteroatoms. The van der Waals surface area contributed by atoms with Crippen LogP contribution in [0.15, 0.2) is 91.1 Å². The minimum absolute atomic E-state index is 0.247. The lowest BCUT2D eigenvalue weighted by Crippen LogP contribution is -2.28. The van der Waals surface area contributed by atoms with E-state index >= 15 is 0 Å². The van der Waals surface area contributed by atoms with Gasteiger partial charge in [0.05, 0.1) is 6.04 Å². The average molecular weight is 458 g/mol. The van der Waals surface area contributed by atoms with Crippen LogP contribution in [0.3, 0.4) is 0 Å². The maximum absolute atomic E-state index is 13.0. The Hall–Kier alpha value is -4.17. The summed E-state index contributed by atoms with van der Waals surface area (Å²) in [4.78, 5) is 28.1. The van der Waals surface area contributed by atoms with E-state index in [0.717, 1.165) is 11.3 Å². The molecule has 0 spiro atoms. The van der Waals surface area contributed by atoms with Crippen molar-refractivity contribution in [1.82, 2.24) is 14.9 Å². The minimum Gasteiger partial charge on any atom is -0.344 e. The molecule has 7 nitrogen and oxygen atoms in total. The second-order valence-corrected chi connectivity index (χ2v) is 7.80. The highest BCUT2D eigenvalue weighted by molar-refractivity contribution is 7.71. The summed E-state index contributed by atoms with van der Waals surface area (Å²) in [7, 11) is 0. The number of hydrogen-bond acceptors (Lipinski definition) is 3. The van der Waals surface area contributed by atoms with Crippen LogP contribution in [0.2, 0.25) is 0 Å². The fourth-order valence-corrected chi connectivity index (χ4v) is 3.66. The number of rotatable bonds is 6. The van der Waals surface area contributed by atoms with Gasteiger partial charge in [-0.2, -0.15) is 0 Å². The summed E-state index contributed by atoms with van der Waals surface area (Å²) in [5.74, 6) is -0.247. The molecule has 1 heterocycles. The first-order chi connectivity index (χ1) is 16.0. The second-order valence-electron chi connectivity index (χ2n) is 7.41. The van der Waals surface area contributed by atoms with E-state index in [-0.39, 0.29) is 18.0 Å². The molecule has 0 saturated carbocycles. The molecule has 4 aromatic rings. The van der Waals surface area contributed by atoms with E-state index in [2.05, 4.69) is 20.9 Å². The molecule has 4 N–H and O–H groups in total. The van der Waals surface area contributed by atoms with Gasteiger partial charge >= 0.3 is 6.03 Å². The van der Waals surface area contributed by atoms with Gasteiger partial charge < -0.3 is 20.9 Å². The van der Waals surface area contributed by atoms with Gasteiger partial charge in [-0.3, -0.25) is 9.36 Å². The van der Waals surface area contributed by atoms with Crippen LogP contribution in [-0.2, 0) is 0 Å². The maximum atomic E-state index is 13.0. The molecule has 0 saturated heterocycles. The van der Waals surface area contributed by atoms with Crippen LogP contribution < -0.4 is 16.0 Å². The number of amides is 3.